The van der Waals surface area contributed by atoms with Crippen molar-refractivity contribution < 1.29 is 4.74 Å². The molecule has 1 heterocycles. The molecule has 0 radical (unpaired) electrons. The minimum Gasteiger partial charge on any atom is -0.489 e. The maximum absolute atomic E-state index is 6.14. The van der Waals surface area contributed by atoms with E-state index in [0.29, 0.717) is 25.2 Å². The standard InChI is InChI=1S/C21H26N2O/c22-13-21-20-12-19(24-15-16-6-2-1-3-7-16)11-10-17(20)14-23(21)18-8-4-5-9-18/h1-3,6-7,10-12,18,21H,4-5,8-9,13-15,22H2. The Morgan fingerprint density at radius 3 is 2.58 bits per heavy atom. The first kappa shape index (κ1) is 15.7. The number of rotatable bonds is 5. The molecule has 126 valence electrons. The zero-order valence-electron chi connectivity index (χ0n) is 14.2. The summed E-state index contributed by atoms with van der Waals surface area (Å²) in [5.74, 6) is 0.948. The van der Waals surface area contributed by atoms with Gasteiger partial charge in [-0.3, -0.25) is 4.90 Å². The largest absolute Gasteiger partial charge is 0.489 e. The lowest BCUT2D eigenvalue weighted by molar-refractivity contribution is 0.152. The van der Waals surface area contributed by atoms with Crippen LogP contribution in [0.4, 0.5) is 0 Å². The predicted octanol–water partition coefficient (Wildman–Crippen LogP) is 4.02. The van der Waals surface area contributed by atoms with E-state index in [1.165, 1.54) is 42.4 Å². The fourth-order valence-corrected chi connectivity index (χ4v) is 4.23. The zero-order valence-corrected chi connectivity index (χ0v) is 14.2. The summed E-state index contributed by atoms with van der Waals surface area (Å²) in [4.78, 5) is 2.62. The van der Waals surface area contributed by atoms with Gasteiger partial charge < -0.3 is 10.5 Å². The van der Waals surface area contributed by atoms with E-state index in [9.17, 15) is 0 Å². The van der Waals surface area contributed by atoms with Gasteiger partial charge in [0, 0.05) is 25.2 Å². The Balaban J connectivity index is 1.50. The first-order chi connectivity index (χ1) is 11.8. The van der Waals surface area contributed by atoms with Crippen molar-refractivity contribution in [1.29, 1.82) is 0 Å². The normalized spacial score (nSPS) is 21.1. The Bertz CT molecular complexity index is 679. The number of nitrogens with two attached hydrogens (primary N) is 1. The first-order valence-electron chi connectivity index (χ1n) is 9.10. The van der Waals surface area contributed by atoms with Gasteiger partial charge in [0.05, 0.1) is 0 Å². The molecule has 2 aromatic rings. The lowest BCUT2D eigenvalue weighted by Crippen LogP contribution is -2.35. The predicted molar refractivity (Wildman–Crippen MR) is 96.8 cm³/mol. The van der Waals surface area contributed by atoms with Crippen molar-refractivity contribution in [2.24, 2.45) is 5.73 Å². The van der Waals surface area contributed by atoms with E-state index < -0.39 is 0 Å². The molecular weight excluding hydrogens is 296 g/mol. The average molecular weight is 322 g/mol. The summed E-state index contributed by atoms with van der Waals surface area (Å²) in [5.41, 5.74) is 10.1. The molecule has 4 rings (SSSR count). The van der Waals surface area contributed by atoms with Crippen LogP contribution in [0.25, 0.3) is 0 Å². The van der Waals surface area contributed by atoms with Crippen molar-refractivity contribution >= 4 is 0 Å². The number of benzene rings is 2. The lowest BCUT2D eigenvalue weighted by Gasteiger charge is -2.30. The number of hydrogen-bond donors (Lipinski definition) is 1. The molecule has 0 spiro atoms. The summed E-state index contributed by atoms with van der Waals surface area (Å²) in [5, 5.41) is 0. The van der Waals surface area contributed by atoms with E-state index in [2.05, 4.69) is 35.2 Å². The Hall–Kier alpha value is -1.84. The van der Waals surface area contributed by atoms with Gasteiger partial charge in [-0.25, -0.2) is 0 Å². The highest BCUT2D eigenvalue weighted by molar-refractivity contribution is 5.41. The van der Waals surface area contributed by atoms with Gasteiger partial charge in [0.1, 0.15) is 12.4 Å². The molecule has 1 aliphatic heterocycles. The molecule has 2 aromatic carbocycles. The molecule has 0 saturated heterocycles. The second-order valence-corrected chi connectivity index (χ2v) is 7.00. The monoisotopic (exact) mass is 322 g/mol. The maximum atomic E-state index is 6.14. The second-order valence-electron chi connectivity index (χ2n) is 7.00. The number of ether oxygens (including phenoxy) is 1. The third-order valence-corrected chi connectivity index (χ3v) is 5.49. The third kappa shape index (κ3) is 3.06. The van der Waals surface area contributed by atoms with E-state index in [0.717, 1.165) is 12.3 Å². The summed E-state index contributed by atoms with van der Waals surface area (Å²) < 4.78 is 6.01. The highest BCUT2D eigenvalue weighted by Gasteiger charge is 2.35. The second kappa shape index (κ2) is 6.96. The summed E-state index contributed by atoms with van der Waals surface area (Å²) in [6.45, 7) is 2.34. The van der Waals surface area contributed by atoms with Crippen molar-refractivity contribution in [3.05, 3.63) is 65.2 Å². The van der Waals surface area contributed by atoms with Gasteiger partial charge in [0.15, 0.2) is 0 Å². The van der Waals surface area contributed by atoms with Crippen LogP contribution in [-0.2, 0) is 13.2 Å². The molecule has 3 nitrogen and oxygen atoms in total. The number of hydrogen-bond acceptors (Lipinski definition) is 3. The van der Waals surface area contributed by atoms with Gasteiger partial charge in [-0.2, -0.15) is 0 Å². The van der Waals surface area contributed by atoms with Crippen LogP contribution >= 0.6 is 0 Å². The van der Waals surface area contributed by atoms with Crippen LogP contribution in [0, 0.1) is 0 Å². The summed E-state index contributed by atoms with van der Waals surface area (Å²) in [7, 11) is 0. The lowest BCUT2D eigenvalue weighted by atomic mass is 10.0. The molecule has 0 amide bonds. The summed E-state index contributed by atoms with van der Waals surface area (Å²) in [6.07, 6.45) is 5.37. The fourth-order valence-electron chi connectivity index (χ4n) is 4.23. The van der Waals surface area contributed by atoms with Crippen LogP contribution in [-0.4, -0.2) is 17.5 Å². The Kier molecular flexibility index (Phi) is 4.54. The van der Waals surface area contributed by atoms with Crippen molar-refractivity contribution in [3.8, 4) is 5.75 Å². The Labute approximate surface area is 144 Å². The minimum absolute atomic E-state index is 0.350. The molecule has 0 bridgehead atoms. The average Bonchev–Trinajstić information content (AvgIpc) is 3.27. The van der Waals surface area contributed by atoms with E-state index in [1.54, 1.807) is 0 Å². The van der Waals surface area contributed by atoms with E-state index in [-0.39, 0.29) is 0 Å². The molecule has 1 saturated carbocycles. The Morgan fingerprint density at radius 2 is 1.83 bits per heavy atom. The van der Waals surface area contributed by atoms with Crippen molar-refractivity contribution in [2.75, 3.05) is 6.54 Å². The van der Waals surface area contributed by atoms with Crippen LogP contribution in [0.3, 0.4) is 0 Å². The van der Waals surface area contributed by atoms with E-state index in [4.69, 9.17) is 10.5 Å². The molecule has 0 aromatic heterocycles. The molecule has 1 fully saturated rings. The zero-order chi connectivity index (χ0) is 16.4. The summed E-state index contributed by atoms with van der Waals surface area (Å²) in [6, 6.07) is 17.9. The molecule has 24 heavy (non-hydrogen) atoms. The molecular formula is C21H26N2O. The highest BCUT2D eigenvalue weighted by atomic mass is 16.5. The van der Waals surface area contributed by atoms with Crippen LogP contribution in [0.15, 0.2) is 48.5 Å². The molecule has 2 N–H and O–H groups in total. The SMILES string of the molecule is NCC1c2cc(OCc3ccccc3)ccc2CN1C1CCCC1. The van der Waals surface area contributed by atoms with Crippen molar-refractivity contribution in [1.82, 2.24) is 4.90 Å². The molecule has 1 aliphatic carbocycles. The fraction of sp³-hybridized carbons (Fsp3) is 0.429. The van der Waals surface area contributed by atoms with Crippen molar-refractivity contribution in [2.45, 2.75) is 50.9 Å². The third-order valence-electron chi connectivity index (χ3n) is 5.49. The maximum Gasteiger partial charge on any atom is 0.120 e. The molecule has 2 aliphatic rings. The highest BCUT2D eigenvalue weighted by Crippen LogP contribution is 2.40. The van der Waals surface area contributed by atoms with Crippen LogP contribution < -0.4 is 10.5 Å². The number of fused-ring (bicyclic) bond motifs is 1. The minimum atomic E-state index is 0.350. The van der Waals surface area contributed by atoms with Gasteiger partial charge >= 0.3 is 0 Å². The topological polar surface area (TPSA) is 38.5 Å². The molecule has 3 heteroatoms. The van der Waals surface area contributed by atoms with Gasteiger partial charge in [0.25, 0.3) is 0 Å². The van der Waals surface area contributed by atoms with Gasteiger partial charge in [-0.15, -0.1) is 0 Å². The van der Waals surface area contributed by atoms with Gasteiger partial charge in [0.2, 0.25) is 0 Å². The number of nitrogens with zero attached hydrogens (tertiary/aromatic N) is 1. The smallest absolute Gasteiger partial charge is 0.120 e. The first-order valence-corrected chi connectivity index (χ1v) is 9.10. The van der Waals surface area contributed by atoms with Crippen molar-refractivity contribution in [3.63, 3.8) is 0 Å². The van der Waals surface area contributed by atoms with E-state index >= 15 is 0 Å². The van der Waals surface area contributed by atoms with Gasteiger partial charge in [-0.05, 0) is 41.7 Å². The Morgan fingerprint density at radius 1 is 1.04 bits per heavy atom. The van der Waals surface area contributed by atoms with Gasteiger partial charge in [-0.1, -0.05) is 49.2 Å². The van der Waals surface area contributed by atoms with Crippen LogP contribution in [0.1, 0.15) is 48.4 Å². The molecule has 1 atom stereocenters. The van der Waals surface area contributed by atoms with Crippen LogP contribution in [0.5, 0.6) is 5.75 Å². The van der Waals surface area contributed by atoms with E-state index in [1.807, 2.05) is 18.2 Å². The summed E-state index contributed by atoms with van der Waals surface area (Å²) >= 11 is 0. The van der Waals surface area contributed by atoms with Crippen LogP contribution in [0.2, 0.25) is 0 Å². The molecule has 1 unspecified atom stereocenters. The quantitative estimate of drug-likeness (QED) is 0.903.